The largest absolute Gasteiger partial charge is 0.298 e. The lowest BCUT2D eigenvalue weighted by Gasteiger charge is -2.10. The van der Waals surface area contributed by atoms with Crippen molar-refractivity contribution in [3.63, 3.8) is 0 Å². The smallest absolute Gasteiger partial charge is 0.151 e. The van der Waals surface area contributed by atoms with Gasteiger partial charge in [0, 0.05) is 10.5 Å². The van der Waals surface area contributed by atoms with Crippen LogP contribution in [-0.4, -0.2) is 12.0 Å². The summed E-state index contributed by atoms with van der Waals surface area (Å²) in [6.45, 7) is 2.14. The van der Waals surface area contributed by atoms with Crippen molar-refractivity contribution in [2.75, 3.05) is 5.75 Å². The maximum Gasteiger partial charge on any atom is 0.151 e. The van der Waals surface area contributed by atoms with Crippen LogP contribution in [0.25, 0.3) is 21.5 Å². The van der Waals surface area contributed by atoms with Gasteiger partial charge in [0.25, 0.3) is 0 Å². The van der Waals surface area contributed by atoms with Gasteiger partial charge in [-0.1, -0.05) is 43.3 Å². The van der Waals surface area contributed by atoms with Crippen LogP contribution in [0.5, 0.6) is 0 Å². The molecule has 0 aliphatic rings. The molecule has 94 valence electrons. The van der Waals surface area contributed by atoms with Crippen LogP contribution in [0.15, 0.2) is 53.4 Å². The Morgan fingerprint density at radius 1 is 1.00 bits per heavy atom. The topological polar surface area (TPSA) is 17.1 Å². The first-order valence-electron chi connectivity index (χ1n) is 6.37. The first-order valence-corrected chi connectivity index (χ1v) is 7.36. The van der Waals surface area contributed by atoms with Crippen molar-refractivity contribution in [3.05, 3.63) is 54.1 Å². The lowest BCUT2D eigenvalue weighted by atomic mass is 9.97. The molecule has 0 bridgehead atoms. The van der Waals surface area contributed by atoms with E-state index in [4.69, 9.17) is 0 Å². The molecule has 3 aromatic rings. The average Bonchev–Trinajstić information content (AvgIpc) is 2.45. The highest BCUT2D eigenvalue weighted by molar-refractivity contribution is 7.99. The molecule has 0 unspecified atom stereocenters. The van der Waals surface area contributed by atoms with Gasteiger partial charge in [0.1, 0.15) is 0 Å². The Balaban J connectivity index is 2.47. The quantitative estimate of drug-likeness (QED) is 0.380. The highest BCUT2D eigenvalue weighted by Crippen LogP contribution is 2.33. The monoisotopic (exact) mass is 266 g/mol. The highest BCUT2D eigenvalue weighted by Gasteiger charge is 2.09. The Labute approximate surface area is 116 Å². The van der Waals surface area contributed by atoms with Crippen molar-refractivity contribution in [2.24, 2.45) is 0 Å². The molecule has 0 fully saturated rings. The molecule has 0 aromatic heterocycles. The third kappa shape index (κ3) is 2.02. The predicted molar refractivity (Wildman–Crippen MR) is 83.2 cm³/mol. The van der Waals surface area contributed by atoms with E-state index >= 15 is 0 Å². The van der Waals surface area contributed by atoms with Gasteiger partial charge in [0.15, 0.2) is 6.29 Å². The summed E-state index contributed by atoms with van der Waals surface area (Å²) in [6.07, 6.45) is 0.977. The maximum absolute atomic E-state index is 11.5. The number of hydrogen-bond donors (Lipinski definition) is 0. The Bertz CT molecular complexity index is 762. The Morgan fingerprint density at radius 2 is 1.79 bits per heavy atom. The van der Waals surface area contributed by atoms with E-state index in [1.165, 1.54) is 10.3 Å². The van der Waals surface area contributed by atoms with Crippen LogP contribution >= 0.6 is 11.8 Å². The fourth-order valence-electron chi connectivity index (χ4n) is 2.50. The molecular formula is C17H14OS. The Kier molecular flexibility index (Phi) is 3.26. The van der Waals surface area contributed by atoms with E-state index in [0.717, 1.165) is 33.8 Å². The summed E-state index contributed by atoms with van der Waals surface area (Å²) in [5.74, 6) is 1.03. The zero-order chi connectivity index (χ0) is 13.2. The zero-order valence-corrected chi connectivity index (χ0v) is 11.5. The van der Waals surface area contributed by atoms with E-state index in [1.807, 2.05) is 42.1 Å². The first-order chi connectivity index (χ1) is 9.35. The minimum atomic E-state index is 0.798. The second-order valence-electron chi connectivity index (χ2n) is 4.41. The lowest BCUT2D eigenvalue weighted by molar-refractivity contribution is 0.112. The zero-order valence-electron chi connectivity index (χ0n) is 10.7. The number of thioether (sulfide) groups is 1. The van der Waals surface area contributed by atoms with Gasteiger partial charge in [-0.05, 0) is 39.4 Å². The molecule has 1 nitrogen and oxygen atoms in total. The van der Waals surface area contributed by atoms with E-state index in [2.05, 4.69) is 25.1 Å². The molecule has 0 aliphatic carbocycles. The molecule has 0 radical (unpaired) electrons. The van der Waals surface area contributed by atoms with Gasteiger partial charge < -0.3 is 0 Å². The Hall–Kier alpha value is -1.80. The first kappa shape index (κ1) is 12.2. The molecule has 0 atom stereocenters. The minimum absolute atomic E-state index is 0.798. The molecule has 0 saturated carbocycles. The standard InChI is InChI=1S/C17H14OS/c1-2-19-17-9-5-8-14-15(17)10-12-6-3-4-7-13(12)16(14)11-18/h3-11H,2H2,1H3. The summed E-state index contributed by atoms with van der Waals surface area (Å²) >= 11 is 1.82. The van der Waals surface area contributed by atoms with E-state index in [-0.39, 0.29) is 0 Å². The van der Waals surface area contributed by atoms with Crippen molar-refractivity contribution in [3.8, 4) is 0 Å². The third-order valence-electron chi connectivity index (χ3n) is 3.32. The molecule has 0 heterocycles. The number of aldehydes is 1. The fraction of sp³-hybridized carbons (Fsp3) is 0.118. The van der Waals surface area contributed by atoms with Crippen LogP contribution < -0.4 is 0 Å². The van der Waals surface area contributed by atoms with E-state index in [9.17, 15) is 4.79 Å². The van der Waals surface area contributed by atoms with Gasteiger partial charge in [-0.3, -0.25) is 4.79 Å². The molecule has 0 aliphatic heterocycles. The van der Waals surface area contributed by atoms with Gasteiger partial charge in [-0.2, -0.15) is 0 Å². The second-order valence-corrected chi connectivity index (χ2v) is 5.72. The van der Waals surface area contributed by atoms with Crippen LogP contribution in [0, 0.1) is 0 Å². The summed E-state index contributed by atoms with van der Waals surface area (Å²) < 4.78 is 0. The molecule has 3 rings (SSSR count). The summed E-state index contributed by atoms with van der Waals surface area (Å²) in [5.41, 5.74) is 0.798. The lowest BCUT2D eigenvalue weighted by Crippen LogP contribution is -1.89. The average molecular weight is 266 g/mol. The molecule has 3 aromatic carbocycles. The van der Waals surface area contributed by atoms with Gasteiger partial charge in [-0.15, -0.1) is 11.8 Å². The van der Waals surface area contributed by atoms with E-state index in [0.29, 0.717) is 0 Å². The molecule has 2 heteroatoms. The SMILES string of the molecule is CCSc1cccc2c(C=O)c3ccccc3cc12. The van der Waals surface area contributed by atoms with E-state index < -0.39 is 0 Å². The van der Waals surface area contributed by atoms with Crippen molar-refractivity contribution in [1.29, 1.82) is 0 Å². The van der Waals surface area contributed by atoms with Crippen LogP contribution in [0.2, 0.25) is 0 Å². The van der Waals surface area contributed by atoms with Crippen molar-refractivity contribution in [1.82, 2.24) is 0 Å². The highest BCUT2D eigenvalue weighted by atomic mass is 32.2. The molecular weight excluding hydrogens is 252 g/mol. The van der Waals surface area contributed by atoms with Crippen molar-refractivity contribution < 1.29 is 4.79 Å². The summed E-state index contributed by atoms with van der Waals surface area (Å²) in [4.78, 5) is 12.7. The van der Waals surface area contributed by atoms with Crippen LogP contribution in [0.3, 0.4) is 0 Å². The van der Waals surface area contributed by atoms with Crippen molar-refractivity contribution in [2.45, 2.75) is 11.8 Å². The van der Waals surface area contributed by atoms with Gasteiger partial charge in [0.2, 0.25) is 0 Å². The number of hydrogen-bond acceptors (Lipinski definition) is 2. The maximum atomic E-state index is 11.5. The van der Waals surface area contributed by atoms with Crippen LogP contribution in [0.4, 0.5) is 0 Å². The number of benzene rings is 3. The number of carbonyl (C=O) groups is 1. The van der Waals surface area contributed by atoms with Gasteiger partial charge >= 0.3 is 0 Å². The number of fused-ring (bicyclic) bond motifs is 2. The third-order valence-corrected chi connectivity index (χ3v) is 4.28. The molecule has 0 N–H and O–H groups in total. The number of carbonyl (C=O) groups excluding carboxylic acids is 1. The molecule has 19 heavy (non-hydrogen) atoms. The number of rotatable bonds is 3. The van der Waals surface area contributed by atoms with Gasteiger partial charge in [-0.25, -0.2) is 0 Å². The van der Waals surface area contributed by atoms with Crippen LogP contribution in [0.1, 0.15) is 17.3 Å². The normalized spacial score (nSPS) is 11.0. The Morgan fingerprint density at radius 3 is 2.58 bits per heavy atom. The second kappa shape index (κ2) is 5.06. The molecule has 0 saturated heterocycles. The summed E-state index contributed by atoms with van der Waals surface area (Å²) in [6, 6.07) is 16.4. The van der Waals surface area contributed by atoms with E-state index in [1.54, 1.807) is 0 Å². The summed E-state index contributed by atoms with van der Waals surface area (Å²) in [7, 11) is 0. The van der Waals surface area contributed by atoms with Crippen LogP contribution in [-0.2, 0) is 0 Å². The molecule has 0 amide bonds. The minimum Gasteiger partial charge on any atom is -0.298 e. The van der Waals surface area contributed by atoms with Crippen molar-refractivity contribution >= 4 is 39.6 Å². The summed E-state index contributed by atoms with van der Waals surface area (Å²) in [5, 5.41) is 4.38. The fourth-order valence-corrected chi connectivity index (χ4v) is 3.32. The van der Waals surface area contributed by atoms with Gasteiger partial charge in [0.05, 0.1) is 0 Å². The molecule has 0 spiro atoms. The predicted octanol–water partition coefficient (Wildman–Crippen LogP) is 4.92.